The Morgan fingerprint density at radius 1 is 1.23 bits per heavy atom. The van der Waals surface area contributed by atoms with Gasteiger partial charge in [-0.3, -0.25) is 4.79 Å². The van der Waals surface area contributed by atoms with E-state index in [-0.39, 0.29) is 12.1 Å². The first-order valence-corrected chi connectivity index (χ1v) is 5.47. The van der Waals surface area contributed by atoms with E-state index in [0.29, 0.717) is 18.3 Å². The molecule has 3 unspecified atom stereocenters. The van der Waals surface area contributed by atoms with Crippen molar-refractivity contribution < 1.29 is 9.53 Å². The number of hydrogen-bond acceptors (Lipinski definition) is 2. The van der Waals surface area contributed by atoms with E-state index in [1.165, 1.54) is 25.7 Å². The van der Waals surface area contributed by atoms with Crippen molar-refractivity contribution in [2.45, 2.75) is 51.6 Å². The lowest BCUT2D eigenvalue weighted by molar-refractivity contribution is -0.162. The number of hydrogen-bond donors (Lipinski definition) is 0. The summed E-state index contributed by atoms with van der Waals surface area (Å²) in [6.45, 7) is 2.20. The first-order chi connectivity index (χ1) is 6.27. The molecule has 0 aromatic heterocycles. The van der Waals surface area contributed by atoms with Crippen LogP contribution in [0.4, 0.5) is 0 Å². The quantitative estimate of drug-likeness (QED) is 0.538. The van der Waals surface area contributed by atoms with Crippen LogP contribution in [0.15, 0.2) is 0 Å². The third-order valence-electron chi connectivity index (χ3n) is 3.51. The van der Waals surface area contributed by atoms with E-state index in [1.54, 1.807) is 0 Å². The van der Waals surface area contributed by atoms with Crippen LogP contribution in [0.5, 0.6) is 0 Å². The van der Waals surface area contributed by atoms with Crippen molar-refractivity contribution in [1.29, 1.82) is 0 Å². The summed E-state index contributed by atoms with van der Waals surface area (Å²) in [5, 5.41) is 0. The van der Waals surface area contributed by atoms with Crippen molar-refractivity contribution in [2.24, 2.45) is 11.8 Å². The highest BCUT2D eigenvalue weighted by Crippen LogP contribution is 2.36. The average Bonchev–Trinajstić information content (AvgIpc) is 2.28. The number of carbonyl (C=O) groups excluding carboxylic acids is 1. The Labute approximate surface area is 79.7 Å². The molecule has 2 fully saturated rings. The molecule has 2 rings (SSSR count). The SMILES string of the molecule is CC1CC(=O)OC2CCCCCC12. The minimum atomic E-state index is 0.0237. The molecular formula is C11H18O2. The van der Waals surface area contributed by atoms with Gasteiger partial charge in [0.1, 0.15) is 6.10 Å². The molecule has 13 heavy (non-hydrogen) atoms. The molecule has 74 valence electrons. The summed E-state index contributed by atoms with van der Waals surface area (Å²) < 4.78 is 5.40. The van der Waals surface area contributed by atoms with Crippen molar-refractivity contribution in [1.82, 2.24) is 0 Å². The third-order valence-corrected chi connectivity index (χ3v) is 3.51. The largest absolute Gasteiger partial charge is 0.462 e. The summed E-state index contributed by atoms with van der Waals surface area (Å²) >= 11 is 0. The minimum absolute atomic E-state index is 0.0237. The summed E-state index contributed by atoms with van der Waals surface area (Å²) in [6.07, 6.45) is 7.13. The molecule has 2 nitrogen and oxygen atoms in total. The Morgan fingerprint density at radius 3 is 2.85 bits per heavy atom. The fraction of sp³-hybridized carbons (Fsp3) is 0.909. The summed E-state index contributed by atoms with van der Waals surface area (Å²) in [4.78, 5) is 11.2. The van der Waals surface area contributed by atoms with Crippen LogP contribution in [0, 0.1) is 11.8 Å². The zero-order valence-electron chi connectivity index (χ0n) is 8.29. The van der Waals surface area contributed by atoms with Gasteiger partial charge in [0, 0.05) is 6.42 Å². The van der Waals surface area contributed by atoms with E-state index in [1.807, 2.05) is 0 Å². The molecule has 2 heteroatoms. The van der Waals surface area contributed by atoms with Crippen LogP contribution >= 0.6 is 0 Å². The monoisotopic (exact) mass is 182 g/mol. The predicted molar refractivity (Wildman–Crippen MR) is 50.2 cm³/mol. The van der Waals surface area contributed by atoms with Crippen molar-refractivity contribution in [3.63, 3.8) is 0 Å². The molecule has 0 amide bonds. The Hall–Kier alpha value is -0.530. The number of esters is 1. The van der Waals surface area contributed by atoms with Crippen molar-refractivity contribution in [3.05, 3.63) is 0 Å². The average molecular weight is 182 g/mol. The van der Waals surface area contributed by atoms with Crippen LogP contribution in [0.25, 0.3) is 0 Å². The van der Waals surface area contributed by atoms with Crippen molar-refractivity contribution in [2.75, 3.05) is 0 Å². The topological polar surface area (TPSA) is 26.3 Å². The third kappa shape index (κ3) is 1.87. The molecule has 0 N–H and O–H groups in total. The standard InChI is InChI=1S/C11H18O2/c1-8-7-11(12)13-10-6-4-2-3-5-9(8)10/h8-10H,2-7H2,1H3. The van der Waals surface area contributed by atoms with Crippen LogP contribution in [0.2, 0.25) is 0 Å². The maximum atomic E-state index is 11.2. The Morgan fingerprint density at radius 2 is 2.00 bits per heavy atom. The number of carbonyl (C=O) groups is 1. The lowest BCUT2D eigenvalue weighted by Crippen LogP contribution is -2.37. The lowest BCUT2D eigenvalue weighted by atomic mass is 9.81. The maximum Gasteiger partial charge on any atom is 0.306 e. The summed E-state index contributed by atoms with van der Waals surface area (Å²) in [5.41, 5.74) is 0. The highest BCUT2D eigenvalue weighted by atomic mass is 16.5. The highest BCUT2D eigenvalue weighted by Gasteiger charge is 2.36. The fourth-order valence-corrected chi connectivity index (χ4v) is 2.73. The second-order valence-corrected chi connectivity index (χ2v) is 4.51. The van der Waals surface area contributed by atoms with Crippen LogP contribution in [0.1, 0.15) is 45.4 Å². The zero-order chi connectivity index (χ0) is 9.26. The van der Waals surface area contributed by atoms with Crippen LogP contribution in [-0.2, 0) is 9.53 Å². The molecule has 1 saturated carbocycles. The molecule has 1 heterocycles. The van der Waals surface area contributed by atoms with Gasteiger partial charge < -0.3 is 4.74 Å². The van der Waals surface area contributed by atoms with E-state index in [4.69, 9.17) is 4.74 Å². The molecule has 0 spiro atoms. The van der Waals surface area contributed by atoms with Gasteiger partial charge >= 0.3 is 5.97 Å². The van der Waals surface area contributed by atoms with Gasteiger partial charge in [-0.15, -0.1) is 0 Å². The van der Waals surface area contributed by atoms with Gasteiger partial charge in [0.2, 0.25) is 0 Å². The first kappa shape index (κ1) is 9.04. The second kappa shape index (κ2) is 3.69. The van der Waals surface area contributed by atoms with Crippen LogP contribution in [0.3, 0.4) is 0 Å². The Balaban J connectivity index is 2.07. The zero-order valence-corrected chi connectivity index (χ0v) is 8.29. The normalized spacial score (nSPS) is 40.4. The van der Waals surface area contributed by atoms with Crippen molar-refractivity contribution in [3.8, 4) is 0 Å². The van der Waals surface area contributed by atoms with Gasteiger partial charge in [0.15, 0.2) is 0 Å². The molecular weight excluding hydrogens is 164 g/mol. The molecule has 2 aliphatic rings. The molecule has 3 atom stereocenters. The predicted octanol–water partition coefficient (Wildman–Crippen LogP) is 2.52. The molecule has 0 aromatic rings. The molecule has 1 aliphatic carbocycles. The molecule has 0 radical (unpaired) electrons. The number of fused-ring (bicyclic) bond motifs is 1. The van der Waals surface area contributed by atoms with Gasteiger partial charge in [-0.25, -0.2) is 0 Å². The molecule has 0 aromatic carbocycles. The van der Waals surface area contributed by atoms with Crippen LogP contribution < -0.4 is 0 Å². The smallest absolute Gasteiger partial charge is 0.306 e. The summed E-state index contributed by atoms with van der Waals surface area (Å²) in [6, 6.07) is 0. The van der Waals surface area contributed by atoms with E-state index in [9.17, 15) is 4.79 Å². The maximum absolute atomic E-state index is 11.2. The molecule has 1 aliphatic heterocycles. The first-order valence-electron chi connectivity index (χ1n) is 5.47. The van der Waals surface area contributed by atoms with E-state index in [2.05, 4.69) is 6.92 Å². The van der Waals surface area contributed by atoms with E-state index < -0.39 is 0 Å². The van der Waals surface area contributed by atoms with Gasteiger partial charge in [-0.2, -0.15) is 0 Å². The fourth-order valence-electron chi connectivity index (χ4n) is 2.73. The second-order valence-electron chi connectivity index (χ2n) is 4.51. The van der Waals surface area contributed by atoms with E-state index in [0.717, 1.165) is 6.42 Å². The van der Waals surface area contributed by atoms with Crippen LogP contribution in [-0.4, -0.2) is 12.1 Å². The van der Waals surface area contributed by atoms with Crippen molar-refractivity contribution >= 4 is 5.97 Å². The number of ether oxygens (including phenoxy) is 1. The lowest BCUT2D eigenvalue weighted by Gasteiger charge is -2.34. The molecule has 0 bridgehead atoms. The Kier molecular flexibility index (Phi) is 2.56. The van der Waals surface area contributed by atoms with E-state index >= 15 is 0 Å². The minimum Gasteiger partial charge on any atom is -0.462 e. The summed E-state index contributed by atoms with van der Waals surface area (Å²) in [7, 11) is 0. The summed E-state index contributed by atoms with van der Waals surface area (Å²) in [5.74, 6) is 1.22. The van der Waals surface area contributed by atoms with Gasteiger partial charge in [-0.1, -0.05) is 19.8 Å². The Bertz CT molecular complexity index is 200. The molecule has 1 saturated heterocycles. The highest BCUT2D eigenvalue weighted by molar-refractivity contribution is 5.70. The van der Waals surface area contributed by atoms with Gasteiger partial charge in [-0.05, 0) is 31.1 Å². The van der Waals surface area contributed by atoms with Gasteiger partial charge in [0.05, 0.1) is 0 Å². The van der Waals surface area contributed by atoms with Gasteiger partial charge in [0.25, 0.3) is 0 Å². The number of rotatable bonds is 0.